The third-order valence-electron chi connectivity index (χ3n) is 2.91. The highest BCUT2D eigenvalue weighted by Gasteiger charge is 2.04. The first-order chi connectivity index (χ1) is 9.74. The molecule has 3 rings (SSSR count). The molecule has 1 aromatic carbocycles. The minimum atomic E-state index is -0.286. The van der Waals surface area contributed by atoms with Crippen molar-refractivity contribution in [2.75, 3.05) is 12.4 Å². The normalized spacial score (nSPS) is 10.7. The Bertz CT molecular complexity index is 741. The summed E-state index contributed by atoms with van der Waals surface area (Å²) in [5.41, 5.74) is 2.41. The highest BCUT2D eigenvalue weighted by molar-refractivity contribution is 5.77. The molecule has 0 atom stereocenters. The van der Waals surface area contributed by atoms with E-state index in [2.05, 4.69) is 20.3 Å². The van der Waals surface area contributed by atoms with Crippen LogP contribution in [-0.2, 0) is 6.54 Å². The lowest BCUT2D eigenvalue weighted by molar-refractivity contribution is 0.397. The van der Waals surface area contributed by atoms with Crippen molar-refractivity contribution in [1.82, 2.24) is 15.0 Å². The molecule has 0 aliphatic rings. The Labute approximate surface area is 114 Å². The number of hydrogen-bond donors (Lipinski definition) is 2. The Hall–Kier alpha value is -2.63. The van der Waals surface area contributed by atoms with Crippen molar-refractivity contribution in [2.45, 2.75) is 6.54 Å². The maximum absolute atomic E-state index is 13.1. The summed E-state index contributed by atoms with van der Waals surface area (Å²) >= 11 is 0. The zero-order valence-corrected chi connectivity index (χ0v) is 10.9. The maximum atomic E-state index is 13.1. The summed E-state index contributed by atoms with van der Waals surface area (Å²) in [7, 11) is 1.58. The molecule has 20 heavy (non-hydrogen) atoms. The summed E-state index contributed by atoms with van der Waals surface area (Å²) in [6.45, 7) is 0.571. The number of rotatable bonds is 4. The molecule has 3 aromatic rings. The average molecular weight is 272 g/mol. The number of halogens is 1. The minimum Gasteiger partial charge on any atom is -0.481 e. The predicted octanol–water partition coefficient (Wildman–Crippen LogP) is 2.72. The number of H-pyrrole nitrogens is 1. The van der Waals surface area contributed by atoms with Gasteiger partial charge in [0.05, 0.1) is 18.1 Å². The van der Waals surface area contributed by atoms with Gasteiger partial charge in [-0.3, -0.25) is 0 Å². The Kier molecular flexibility index (Phi) is 3.20. The van der Waals surface area contributed by atoms with E-state index in [1.807, 2.05) is 12.1 Å². The molecule has 102 valence electrons. The Morgan fingerprint density at radius 2 is 2.20 bits per heavy atom. The fourth-order valence-corrected chi connectivity index (χ4v) is 1.92. The van der Waals surface area contributed by atoms with Gasteiger partial charge < -0.3 is 15.0 Å². The second kappa shape index (κ2) is 5.16. The molecular formula is C14H13FN4O. The maximum Gasteiger partial charge on any atom is 0.213 e. The van der Waals surface area contributed by atoms with Gasteiger partial charge in [0.25, 0.3) is 0 Å². The van der Waals surface area contributed by atoms with Crippen molar-refractivity contribution < 1.29 is 9.13 Å². The highest BCUT2D eigenvalue weighted by Crippen LogP contribution is 2.16. The van der Waals surface area contributed by atoms with Gasteiger partial charge in [-0.2, -0.15) is 0 Å². The van der Waals surface area contributed by atoms with Gasteiger partial charge >= 0.3 is 0 Å². The van der Waals surface area contributed by atoms with Gasteiger partial charge in [-0.15, -0.1) is 0 Å². The zero-order valence-electron chi connectivity index (χ0n) is 10.9. The van der Waals surface area contributed by atoms with Crippen LogP contribution >= 0.6 is 0 Å². The lowest BCUT2D eigenvalue weighted by Gasteiger charge is -2.04. The molecule has 0 saturated carbocycles. The second-order valence-corrected chi connectivity index (χ2v) is 4.31. The van der Waals surface area contributed by atoms with Crippen LogP contribution in [0.15, 0.2) is 36.5 Å². The number of anilines is 1. The van der Waals surface area contributed by atoms with Gasteiger partial charge in [-0.1, -0.05) is 0 Å². The van der Waals surface area contributed by atoms with Crippen LogP contribution in [0.25, 0.3) is 11.0 Å². The van der Waals surface area contributed by atoms with Crippen molar-refractivity contribution in [3.8, 4) is 5.88 Å². The van der Waals surface area contributed by atoms with E-state index < -0.39 is 0 Å². The molecule has 0 fully saturated rings. The molecule has 5 nitrogen and oxygen atoms in total. The molecule has 2 heterocycles. The molecule has 0 radical (unpaired) electrons. The van der Waals surface area contributed by atoms with Gasteiger partial charge in [0.2, 0.25) is 11.8 Å². The van der Waals surface area contributed by atoms with Gasteiger partial charge in [-0.25, -0.2) is 14.4 Å². The number of ether oxygens (including phenoxy) is 1. The van der Waals surface area contributed by atoms with E-state index in [1.165, 1.54) is 12.1 Å². The van der Waals surface area contributed by atoms with Crippen LogP contribution in [0, 0.1) is 5.82 Å². The molecule has 6 heteroatoms. The number of pyridine rings is 1. The fourth-order valence-electron chi connectivity index (χ4n) is 1.92. The van der Waals surface area contributed by atoms with Crippen LogP contribution in [0.5, 0.6) is 5.88 Å². The fraction of sp³-hybridized carbons (Fsp3) is 0.143. The molecular weight excluding hydrogens is 259 g/mol. The largest absolute Gasteiger partial charge is 0.481 e. The summed E-state index contributed by atoms with van der Waals surface area (Å²) in [4.78, 5) is 11.4. The molecule has 0 bridgehead atoms. The third kappa shape index (κ3) is 2.54. The first kappa shape index (κ1) is 12.4. The van der Waals surface area contributed by atoms with Crippen molar-refractivity contribution in [1.29, 1.82) is 0 Å². The van der Waals surface area contributed by atoms with Crippen LogP contribution < -0.4 is 10.1 Å². The molecule has 2 aromatic heterocycles. The molecule has 0 aliphatic heterocycles. The summed E-state index contributed by atoms with van der Waals surface area (Å²) in [5, 5.41) is 3.15. The summed E-state index contributed by atoms with van der Waals surface area (Å²) < 4.78 is 18.2. The van der Waals surface area contributed by atoms with E-state index >= 15 is 0 Å². The number of aromatic amines is 1. The van der Waals surface area contributed by atoms with E-state index in [0.29, 0.717) is 23.9 Å². The SMILES string of the molecule is COc1cc(CNc2nc3ccc(F)cc3[nH]2)ccn1. The molecule has 0 amide bonds. The smallest absolute Gasteiger partial charge is 0.213 e. The number of imidazole rings is 1. The quantitative estimate of drug-likeness (QED) is 0.766. The minimum absolute atomic E-state index is 0.286. The van der Waals surface area contributed by atoms with Crippen LogP contribution in [0.3, 0.4) is 0 Å². The number of hydrogen-bond acceptors (Lipinski definition) is 4. The number of fused-ring (bicyclic) bond motifs is 1. The number of nitrogens with zero attached hydrogens (tertiary/aromatic N) is 2. The first-order valence-corrected chi connectivity index (χ1v) is 6.12. The van der Waals surface area contributed by atoms with E-state index in [1.54, 1.807) is 19.4 Å². The Morgan fingerprint density at radius 3 is 3.05 bits per heavy atom. The third-order valence-corrected chi connectivity index (χ3v) is 2.91. The molecule has 0 spiro atoms. The summed E-state index contributed by atoms with van der Waals surface area (Å²) in [5.74, 6) is 0.879. The highest BCUT2D eigenvalue weighted by atomic mass is 19.1. The zero-order chi connectivity index (χ0) is 13.9. The van der Waals surface area contributed by atoms with Crippen LogP contribution in [0.2, 0.25) is 0 Å². The van der Waals surface area contributed by atoms with Crippen molar-refractivity contribution in [3.05, 3.63) is 47.9 Å². The lowest BCUT2D eigenvalue weighted by Crippen LogP contribution is -2.01. The Morgan fingerprint density at radius 1 is 1.30 bits per heavy atom. The van der Waals surface area contributed by atoms with Gasteiger partial charge in [0.1, 0.15) is 5.82 Å². The van der Waals surface area contributed by atoms with Gasteiger partial charge in [0, 0.05) is 18.8 Å². The van der Waals surface area contributed by atoms with Crippen LogP contribution in [0.1, 0.15) is 5.56 Å². The van der Waals surface area contributed by atoms with E-state index in [4.69, 9.17) is 4.74 Å². The predicted molar refractivity (Wildman–Crippen MR) is 74.2 cm³/mol. The van der Waals surface area contributed by atoms with Crippen LogP contribution in [-0.4, -0.2) is 22.1 Å². The molecule has 0 aliphatic carbocycles. The monoisotopic (exact) mass is 272 g/mol. The molecule has 0 saturated heterocycles. The standard InChI is InChI=1S/C14H13FN4O/c1-20-13-6-9(4-5-16-13)8-17-14-18-11-3-2-10(15)7-12(11)19-14/h2-7H,8H2,1H3,(H2,17,18,19). The van der Waals surface area contributed by atoms with Gasteiger partial charge in [-0.05, 0) is 29.8 Å². The topological polar surface area (TPSA) is 62.8 Å². The number of benzene rings is 1. The van der Waals surface area contributed by atoms with Crippen LogP contribution in [0.4, 0.5) is 10.3 Å². The van der Waals surface area contributed by atoms with E-state index in [9.17, 15) is 4.39 Å². The number of methoxy groups -OCH3 is 1. The summed E-state index contributed by atoms with van der Waals surface area (Å²) in [6, 6.07) is 8.18. The van der Waals surface area contributed by atoms with Gasteiger partial charge in [0.15, 0.2) is 0 Å². The number of aromatic nitrogens is 3. The lowest BCUT2D eigenvalue weighted by atomic mass is 10.2. The second-order valence-electron chi connectivity index (χ2n) is 4.31. The molecule has 2 N–H and O–H groups in total. The van der Waals surface area contributed by atoms with Crippen molar-refractivity contribution in [2.24, 2.45) is 0 Å². The van der Waals surface area contributed by atoms with Crippen molar-refractivity contribution >= 4 is 17.0 Å². The van der Waals surface area contributed by atoms with E-state index in [0.717, 1.165) is 11.1 Å². The van der Waals surface area contributed by atoms with Crippen molar-refractivity contribution in [3.63, 3.8) is 0 Å². The van der Waals surface area contributed by atoms with E-state index in [-0.39, 0.29) is 5.82 Å². The molecule has 0 unspecified atom stereocenters. The summed E-state index contributed by atoms with van der Waals surface area (Å²) in [6.07, 6.45) is 1.68. The average Bonchev–Trinajstić information content (AvgIpc) is 2.87. The number of nitrogens with one attached hydrogen (secondary N) is 2. The Balaban J connectivity index is 1.76. The first-order valence-electron chi connectivity index (χ1n) is 6.12.